The zero-order valence-electron chi connectivity index (χ0n) is 19.5. The number of halogens is 6. The van der Waals surface area contributed by atoms with Gasteiger partial charge in [0.2, 0.25) is 0 Å². The van der Waals surface area contributed by atoms with E-state index >= 15 is 0 Å². The summed E-state index contributed by atoms with van der Waals surface area (Å²) in [6, 6.07) is 10.0. The van der Waals surface area contributed by atoms with Crippen molar-refractivity contribution in [2.75, 3.05) is 32.8 Å². The zero-order valence-corrected chi connectivity index (χ0v) is 19.5. The molecule has 0 unspecified atom stereocenters. The molecule has 1 atom stereocenters. The van der Waals surface area contributed by atoms with Crippen LogP contribution >= 0.6 is 0 Å². The fourth-order valence-corrected chi connectivity index (χ4v) is 4.97. The maximum atomic E-state index is 13.2. The number of aliphatic hydroxyl groups excluding tert-OH is 1. The molecular weight excluding hydrogens is 506 g/mol. The summed E-state index contributed by atoms with van der Waals surface area (Å²) < 4.78 is 85.3. The predicted molar refractivity (Wildman–Crippen MR) is 119 cm³/mol. The van der Waals surface area contributed by atoms with Crippen LogP contribution < -0.4 is 0 Å². The molecule has 0 saturated carbocycles. The van der Waals surface area contributed by atoms with Gasteiger partial charge in [-0.15, -0.1) is 0 Å². The van der Waals surface area contributed by atoms with Crippen LogP contribution in [0.4, 0.5) is 31.1 Å². The van der Waals surface area contributed by atoms with Crippen LogP contribution in [0.2, 0.25) is 0 Å². The third kappa shape index (κ3) is 5.53. The van der Waals surface area contributed by atoms with E-state index in [2.05, 4.69) is 0 Å². The summed E-state index contributed by atoms with van der Waals surface area (Å²) in [4.78, 5) is 28.2. The monoisotopic (exact) mass is 530 g/mol. The van der Waals surface area contributed by atoms with Crippen molar-refractivity contribution in [1.82, 2.24) is 9.80 Å². The van der Waals surface area contributed by atoms with E-state index in [1.165, 1.54) is 9.80 Å². The van der Waals surface area contributed by atoms with Gasteiger partial charge in [-0.3, -0.25) is 4.79 Å². The number of rotatable bonds is 4. The van der Waals surface area contributed by atoms with E-state index in [-0.39, 0.29) is 57.6 Å². The van der Waals surface area contributed by atoms with Crippen molar-refractivity contribution < 1.29 is 45.8 Å². The fraction of sp³-hybridized carbons (Fsp3) is 0.440. The Morgan fingerprint density at radius 3 is 2.05 bits per heavy atom. The number of carbonyl (C=O) groups is 2. The lowest BCUT2D eigenvalue weighted by atomic mass is 9.74. The number of carbonyl (C=O) groups excluding carboxylic acids is 2. The van der Waals surface area contributed by atoms with Crippen LogP contribution in [0.1, 0.15) is 45.8 Å². The van der Waals surface area contributed by atoms with Gasteiger partial charge in [0.15, 0.2) is 0 Å². The molecule has 1 spiro atoms. The molecule has 0 bridgehead atoms. The Morgan fingerprint density at radius 1 is 0.973 bits per heavy atom. The Labute approximate surface area is 208 Å². The predicted octanol–water partition coefficient (Wildman–Crippen LogP) is 4.93. The number of β-amino-alcohol motifs (C(OH)–C–C–N with tert-alkyl or cyclic N) is 1. The van der Waals surface area contributed by atoms with Gasteiger partial charge in [-0.2, -0.15) is 26.3 Å². The number of piperidine rings is 1. The lowest BCUT2D eigenvalue weighted by Gasteiger charge is -2.50. The van der Waals surface area contributed by atoms with Crippen molar-refractivity contribution in [1.29, 1.82) is 0 Å². The molecule has 12 heteroatoms. The van der Waals surface area contributed by atoms with Crippen LogP contribution in [0.5, 0.6) is 0 Å². The van der Waals surface area contributed by atoms with Crippen LogP contribution in [0.15, 0.2) is 48.5 Å². The van der Waals surface area contributed by atoms with Crippen LogP contribution in [0.3, 0.4) is 0 Å². The molecule has 2 aromatic rings. The van der Waals surface area contributed by atoms with Crippen LogP contribution in [-0.4, -0.2) is 65.3 Å². The normalized spacial score (nSPS) is 20.2. The lowest BCUT2D eigenvalue weighted by molar-refractivity contribution is -0.143. The Kier molecular flexibility index (Phi) is 7.15. The van der Waals surface area contributed by atoms with Crippen molar-refractivity contribution in [3.05, 3.63) is 70.8 Å². The number of alkyl halides is 6. The van der Waals surface area contributed by atoms with Crippen LogP contribution in [0, 0.1) is 0 Å². The zero-order chi connectivity index (χ0) is 27.0. The van der Waals surface area contributed by atoms with Gasteiger partial charge in [0.05, 0.1) is 17.7 Å². The van der Waals surface area contributed by atoms with Gasteiger partial charge in [-0.05, 0) is 23.8 Å². The van der Waals surface area contributed by atoms with Gasteiger partial charge in [0, 0.05) is 50.5 Å². The largest absolute Gasteiger partial charge is 0.442 e. The highest BCUT2D eigenvalue weighted by Crippen LogP contribution is 2.44. The number of hydrogen-bond donors (Lipinski definition) is 1. The molecule has 2 aliphatic rings. The molecule has 37 heavy (non-hydrogen) atoms. The van der Waals surface area contributed by atoms with Crippen molar-refractivity contribution in [3.63, 3.8) is 0 Å². The molecule has 4 rings (SSSR count). The standard InChI is InChI=1S/C25H24F6N2O4/c26-24(27,28)18-12-17(13-19(14-18)25(29,30)31)21(35)32-8-6-23(7-9-32)20(16-4-2-1-3-5-16)15-33(10-11-34)22(36)37-23/h1-5,12-14,20,34H,6-11,15H2/t20-/m1/s1. The second kappa shape index (κ2) is 9.88. The first-order valence-corrected chi connectivity index (χ1v) is 11.6. The topological polar surface area (TPSA) is 70.1 Å². The minimum absolute atomic E-state index is 0.0218. The van der Waals surface area contributed by atoms with Gasteiger partial charge in [0.25, 0.3) is 5.91 Å². The van der Waals surface area contributed by atoms with Crippen molar-refractivity contribution in [2.24, 2.45) is 0 Å². The molecule has 1 N–H and O–H groups in total. The number of amides is 2. The number of ether oxygens (including phenoxy) is 1. The second-order valence-electron chi connectivity index (χ2n) is 9.15. The Balaban J connectivity index is 1.59. The molecular formula is C25H24F6N2O4. The fourth-order valence-electron chi connectivity index (χ4n) is 4.97. The first-order chi connectivity index (χ1) is 17.3. The third-order valence-corrected chi connectivity index (χ3v) is 6.89. The van der Waals surface area contributed by atoms with Gasteiger partial charge in [-0.25, -0.2) is 4.79 Å². The van der Waals surface area contributed by atoms with E-state index in [0.717, 1.165) is 5.56 Å². The quantitative estimate of drug-likeness (QED) is 0.570. The first kappa shape index (κ1) is 26.8. The molecule has 2 saturated heterocycles. The average molecular weight is 530 g/mol. The van der Waals surface area contributed by atoms with Crippen molar-refractivity contribution in [2.45, 2.75) is 36.7 Å². The average Bonchev–Trinajstić information content (AvgIpc) is 2.85. The number of nitrogens with zero attached hydrogens (tertiary/aromatic N) is 2. The molecule has 2 fully saturated rings. The third-order valence-electron chi connectivity index (χ3n) is 6.89. The molecule has 6 nitrogen and oxygen atoms in total. The molecule has 0 aromatic heterocycles. The second-order valence-corrected chi connectivity index (χ2v) is 9.15. The van der Waals surface area contributed by atoms with Gasteiger partial charge in [0.1, 0.15) is 5.60 Å². The summed E-state index contributed by atoms with van der Waals surface area (Å²) in [5.74, 6) is -1.28. The summed E-state index contributed by atoms with van der Waals surface area (Å²) in [5, 5.41) is 9.30. The number of aliphatic hydroxyl groups is 1. The summed E-state index contributed by atoms with van der Waals surface area (Å²) in [6.45, 7) is -0.0112. The molecule has 2 aromatic carbocycles. The number of hydrogen-bond acceptors (Lipinski definition) is 4. The Hall–Kier alpha value is -3.28. The van der Waals surface area contributed by atoms with E-state index in [4.69, 9.17) is 4.74 Å². The van der Waals surface area contributed by atoms with E-state index in [1.807, 2.05) is 30.3 Å². The highest BCUT2D eigenvalue weighted by Gasteiger charge is 2.51. The summed E-state index contributed by atoms with van der Waals surface area (Å²) in [6.07, 6.45) is -10.5. The molecule has 2 amide bonds. The summed E-state index contributed by atoms with van der Waals surface area (Å²) in [5.41, 5.74) is -3.99. The highest BCUT2D eigenvalue weighted by molar-refractivity contribution is 5.94. The minimum Gasteiger partial charge on any atom is -0.442 e. The maximum Gasteiger partial charge on any atom is 0.416 e. The molecule has 2 heterocycles. The minimum atomic E-state index is -5.07. The highest BCUT2D eigenvalue weighted by atomic mass is 19.4. The van der Waals surface area contributed by atoms with E-state index in [9.17, 15) is 41.0 Å². The van der Waals surface area contributed by atoms with Crippen molar-refractivity contribution in [3.8, 4) is 0 Å². The van der Waals surface area contributed by atoms with Crippen LogP contribution in [-0.2, 0) is 17.1 Å². The maximum absolute atomic E-state index is 13.2. The molecule has 2 aliphatic heterocycles. The number of benzene rings is 2. The SMILES string of the molecule is O=C1OC2(CCN(C(=O)c3cc(C(F)(F)F)cc(C(F)(F)F)c3)CC2)[C@@H](c2ccccc2)CN1CCO. The van der Waals surface area contributed by atoms with Gasteiger partial charge < -0.3 is 19.6 Å². The Bertz CT molecular complexity index is 1110. The Morgan fingerprint density at radius 2 is 1.54 bits per heavy atom. The van der Waals surface area contributed by atoms with E-state index < -0.39 is 46.6 Å². The molecule has 200 valence electrons. The van der Waals surface area contributed by atoms with Gasteiger partial charge in [-0.1, -0.05) is 30.3 Å². The summed E-state index contributed by atoms with van der Waals surface area (Å²) >= 11 is 0. The lowest BCUT2D eigenvalue weighted by Crippen LogP contribution is -2.59. The van der Waals surface area contributed by atoms with E-state index in [1.54, 1.807) is 0 Å². The van der Waals surface area contributed by atoms with Gasteiger partial charge >= 0.3 is 18.4 Å². The molecule has 0 radical (unpaired) electrons. The van der Waals surface area contributed by atoms with E-state index in [0.29, 0.717) is 12.1 Å². The van der Waals surface area contributed by atoms with Crippen molar-refractivity contribution >= 4 is 12.0 Å². The summed E-state index contributed by atoms with van der Waals surface area (Å²) in [7, 11) is 0. The first-order valence-electron chi connectivity index (χ1n) is 11.6. The number of likely N-dealkylation sites (tertiary alicyclic amines) is 1. The smallest absolute Gasteiger partial charge is 0.416 e. The molecule has 0 aliphatic carbocycles. The van der Waals surface area contributed by atoms with Crippen LogP contribution in [0.25, 0.3) is 0 Å².